The normalized spacial score (nSPS) is 16.0. The highest BCUT2D eigenvalue weighted by Gasteiger charge is 2.35. The highest BCUT2D eigenvalue weighted by molar-refractivity contribution is 5.86. The van der Waals surface area contributed by atoms with Gasteiger partial charge < -0.3 is 14.7 Å². The number of benzene rings is 1. The summed E-state index contributed by atoms with van der Waals surface area (Å²) in [6.45, 7) is 0.444. The third-order valence-electron chi connectivity index (χ3n) is 4.52. The van der Waals surface area contributed by atoms with Crippen molar-refractivity contribution in [3.05, 3.63) is 53.3 Å². The fraction of sp³-hybridized carbons (Fsp3) is 0.333. The van der Waals surface area contributed by atoms with Crippen molar-refractivity contribution in [1.82, 2.24) is 14.7 Å². The third kappa shape index (κ3) is 3.44. The maximum absolute atomic E-state index is 12.7. The first-order valence-corrected chi connectivity index (χ1v) is 8.20. The monoisotopic (exact) mass is 357 g/mol. The first-order chi connectivity index (χ1) is 12.5. The molecular formula is C18H19N3O5. The number of carbonyl (C=O) groups is 3. The van der Waals surface area contributed by atoms with Gasteiger partial charge in [-0.1, -0.05) is 24.3 Å². The smallest absolute Gasteiger partial charge is 0.354 e. The van der Waals surface area contributed by atoms with E-state index in [4.69, 9.17) is 9.84 Å². The molecule has 2 aromatic rings. The molecule has 1 aromatic carbocycles. The molecule has 1 N–H and O–H groups in total. The molecule has 0 radical (unpaired) electrons. The minimum absolute atomic E-state index is 0.0197. The minimum Gasteiger partial charge on any atom is -0.477 e. The van der Waals surface area contributed by atoms with Crippen LogP contribution in [-0.4, -0.2) is 50.8 Å². The Bertz CT molecular complexity index is 845. The molecule has 1 atom stereocenters. The molecule has 0 spiro atoms. The van der Waals surface area contributed by atoms with E-state index in [-0.39, 0.29) is 24.6 Å². The summed E-state index contributed by atoms with van der Waals surface area (Å²) in [5, 5.41) is 13.0. The second-order valence-electron chi connectivity index (χ2n) is 6.03. The van der Waals surface area contributed by atoms with E-state index in [1.54, 1.807) is 0 Å². The van der Waals surface area contributed by atoms with Crippen molar-refractivity contribution in [2.45, 2.75) is 32.0 Å². The molecule has 8 heteroatoms. The van der Waals surface area contributed by atoms with Crippen LogP contribution in [-0.2, 0) is 33.8 Å². The van der Waals surface area contributed by atoms with Crippen LogP contribution in [0, 0.1) is 0 Å². The summed E-state index contributed by atoms with van der Waals surface area (Å²) in [4.78, 5) is 37.5. The van der Waals surface area contributed by atoms with Gasteiger partial charge in [0, 0.05) is 25.6 Å². The average Bonchev–Trinajstić information content (AvgIpc) is 3.13. The van der Waals surface area contributed by atoms with Gasteiger partial charge in [-0.3, -0.25) is 9.48 Å². The molecule has 1 aromatic heterocycles. The molecule has 1 amide bonds. The number of carboxylic acids is 1. The van der Waals surface area contributed by atoms with Gasteiger partial charge in [0.25, 0.3) is 0 Å². The number of rotatable bonds is 5. The van der Waals surface area contributed by atoms with Crippen molar-refractivity contribution in [2.24, 2.45) is 0 Å². The summed E-state index contributed by atoms with van der Waals surface area (Å²) in [5.74, 6) is -1.81. The van der Waals surface area contributed by atoms with Crippen LogP contribution in [0.25, 0.3) is 0 Å². The predicted octanol–water partition coefficient (Wildman–Crippen LogP) is 1.10. The number of hydrogen-bond donors (Lipinski definition) is 1. The van der Waals surface area contributed by atoms with E-state index in [0.717, 1.165) is 11.1 Å². The Morgan fingerprint density at radius 1 is 1.23 bits per heavy atom. The van der Waals surface area contributed by atoms with Crippen molar-refractivity contribution in [3.8, 4) is 0 Å². The van der Waals surface area contributed by atoms with Crippen molar-refractivity contribution in [3.63, 3.8) is 0 Å². The van der Waals surface area contributed by atoms with Gasteiger partial charge >= 0.3 is 11.9 Å². The highest BCUT2D eigenvalue weighted by Crippen LogP contribution is 2.24. The number of aromatic carboxylic acids is 1. The van der Waals surface area contributed by atoms with E-state index in [2.05, 4.69) is 5.10 Å². The first kappa shape index (κ1) is 17.7. The van der Waals surface area contributed by atoms with E-state index < -0.39 is 18.0 Å². The average molecular weight is 357 g/mol. The number of carbonyl (C=O) groups excluding carboxylic acids is 2. The van der Waals surface area contributed by atoms with Gasteiger partial charge in [-0.25, -0.2) is 9.59 Å². The maximum Gasteiger partial charge on any atom is 0.354 e. The molecule has 136 valence electrons. The van der Waals surface area contributed by atoms with Crippen LogP contribution in [0.5, 0.6) is 0 Å². The van der Waals surface area contributed by atoms with Crippen LogP contribution in [0.4, 0.5) is 0 Å². The Kier molecular flexibility index (Phi) is 5.01. The van der Waals surface area contributed by atoms with Crippen LogP contribution in [0.1, 0.15) is 28.0 Å². The summed E-state index contributed by atoms with van der Waals surface area (Å²) < 4.78 is 6.13. The molecule has 26 heavy (non-hydrogen) atoms. The zero-order valence-electron chi connectivity index (χ0n) is 14.3. The van der Waals surface area contributed by atoms with Gasteiger partial charge in [0.05, 0.1) is 13.7 Å². The predicted molar refractivity (Wildman–Crippen MR) is 90.3 cm³/mol. The number of carboxylic acid groups (broad SMARTS) is 1. The number of nitrogens with zero attached hydrogens (tertiary/aromatic N) is 3. The topological polar surface area (TPSA) is 102 Å². The zero-order chi connectivity index (χ0) is 18.7. The van der Waals surface area contributed by atoms with Gasteiger partial charge in [0.15, 0.2) is 0 Å². The van der Waals surface area contributed by atoms with Crippen LogP contribution in [0.3, 0.4) is 0 Å². The van der Waals surface area contributed by atoms with Crippen LogP contribution in [0.2, 0.25) is 0 Å². The molecule has 0 fully saturated rings. The summed E-state index contributed by atoms with van der Waals surface area (Å²) in [6, 6.07) is 8.36. The molecule has 0 saturated heterocycles. The molecule has 0 saturated carbocycles. The second-order valence-corrected chi connectivity index (χ2v) is 6.03. The van der Waals surface area contributed by atoms with Gasteiger partial charge in [-0.15, -0.1) is 0 Å². The first-order valence-electron chi connectivity index (χ1n) is 8.20. The summed E-state index contributed by atoms with van der Waals surface area (Å²) >= 11 is 0. The Balaban J connectivity index is 1.76. The van der Waals surface area contributed by atoms with E-state index in [0.29, 0.717) is 13.0 Å². The van der Waals surface area contributed by atoms with Crippen molar-refractivity contribution < 1.29 is 24.2 Å². The van der Waals surface area contributed by atoms with Gasteiger partial charge in [0.2, 0.25) is 5.91 Å². The number of aryl methyl sites for hydroxylation is 1. The van der Waals surface area contributed by atoms with Crippen LogP contribution >= 0.6 is 0 Å². The van der Waals surface area contributed by atoms with E-state index in [1.165, 1.54) is 29.0 Å². The summed E-state index contributed by atoms with van der Waals surface area (Å²) in [6.07, 6.45) is 1.82. The Hall–Kier alpha value is -3.16. The minimum atomic E-state index is -1.10. The van der Waals surface area contributed by atoms with Crippen LogP contribution < -0.4 is 0 Å². The molecular weight excluding hydrogens is 338 g/mol. The molecule has 0 aliphatic carbocycles. The fourth-order valence-electron chi connectivity index (χ4n) is 3.17. The largest absolute Gasteiger partial charge is 0.477 e. The molecule has 3 rings (SSSR count). The number of ether oxygens (including phenoxy) is 1. The number of amides is 1. The fourth-order valence-corrected chi connectivity index (χ4v) is 3.17. The molecule has 2 heterocycles. The molecule has 1 unspecified atom stereocenters. The number of esters is 1. The lowest BCUT2D eigenvalue weighted by Crippen LogP contribution is -2.49. The number of fused-ring (bicyclic) bond motifs is 1. The molecule has 1 aliphatic heterocycles. The van der Waals surface area contributed by atoms with Crippen molar-refractivity contribution in [1.29, 1.82) is 0 Å². The lowest BCUT2D eigenvalue weighted by molar-refractivity contribution is -0.154. The lowest BCUT2D eigenvalue weighted by Gasteiger charge is -2.35. The zero-order valence-corrected chi connectivity index (χ0v) is 14.3. The standard InChI is InChI=1S/C18H19N3O5/c1-26-18(25)15-10-12-4-2-3-5-13(12)11-20(15)16(22)7-9-21-14(17(23)24)6-8-19-21/h2-6,8,15H,7,9-11H2,1H3,(H,23,24). The Labute approximate surface area is 150 Å². The quantitative estimate of drug-likeness (QED) is 0.804. The maximum atomic E-state index is 12.7. The van der Waals surface area contributed by atoms with E-state index in [9.17, 15) is 14.4 Å². The summed E-state index contributed by atoms with van der Waals surface area (Å²) in [5.41, 5.74) is 2.03. The SMILES string of the molecule is COC(=O)C1Cc2ccccc2CN1C(=O)CCn1nccc1C(=O)O. The Morgan fingerprint density at radius 2 is 1.96 bits per heavy atom. The van der Waals surface area contributed by atoms with Gasteiger partial charge in [-0.2, -0.15) is 5.10 Å². The highest BCUT2D eigenvalue weighted by atomic mass is 16.5. The van der Waals surface area contributed by atoms with Gasteiger partial charge in [0.1, 0.15) is 11.7 Å². The van der Waals surface area contributed by atoms with Crippen LogP contribution in [0.15, 0.2) is 36.5 Å². The number of hydrogen-bond acceptors (Lipinski definition) is 5. The van der Waals surface area contributed by atoms with E-state index in [1.807, 2.05) is 24.3 Å². The second kappa shape index (κ2) is 7.38. The molecule has 8 nitrogen and oxygen atoms in total. The molecule has 0 bridgehead atoms. The summed E-state index contributed by atoms with van der Waals surface area (Å²) in [7, 11) is 1.30. The third-order valence-corrected chi connectivity index (χ3v) is 4.52. The molecule has 1 aliphatic rings. The lowest BCUT2D eigenvalue weighted by atomic mass is 9.93. The van der Waals surface area contributed by atoms with Gasteiger partial charge in [-0.05, 0) is 17.2 Å². The number of methoxy groups -OCH3 is 1. The van der Waals surface area contributed by atoms with Crippen molar-refractivity contribution in [2.75, 3.05) is 7.11 Å². The van der Waals surface area contributed by atoms with Crippen molar-refractivity contribution >= 4 is 17.8 Å². The number of aromatic nitrogens is 2. The Morgan fingerprint density at radius 3 is 2.65 bits per heavy atom. The van der Waals surface area contributed by atoms with E-state index >= 15 is 0 Å².